The highest BCUT2D eigenvalue weighted by Gasteiger charge is 2.33. The predicted octanol–water partition coefficient (Wildman–Crippen LogP) is 2.44. The topological polar surface area (TPSA) is 87.8 Å². The Morgan fingerprint density at radius 1 is 1.27 bits per heavy atom. The fourth-order valence-electron chi connectivity index (χ4n) is 4.66. The lowest BCUT2D eigenvalue weighted by atomic mass is 9.86. The van der Waals surface area contributed by atoms with E-state index in [-0.39, 0.29) is 24.0 Å². The van der Waals surface area contributed by atoms with E-state index in [0.29, 0.717) is 38.7 Å². The van der Waals surface area contributed by atoms with E-state index in [9.17, 15) is 4.79 Å². The van der Waals surface area contributed by atoms with E-state index in [1.165, 1.54) is 5.56 Å². The summed E-state index contributed by atoms with van der Waals surface area (Å²) in [6, 6.07) is 0. The van der Waals surface area contributed by atoms with E-state index in [1.807, 2.05) is 11.6 Å². The van der Waals surface area contributed by atoms with Crippen molar-refractivity contribution < 1.29 is 23.4 Å². The van der Waals surface area contributed by atoms with Gasteiger partial charge in [-0.05, 0) is 25.7 Å². The molecule has 1 unspecified atom stereocenters. The van der Waals surface area contributed by atoms with Gasteiger partial charge in [0.1, 0.15) is 11.9 Å². The van der Waals surface area contributed by atoms with E-state index in [1.54, 1.807) is 0 Å². The van der Waals surface area contributed by atoms with Crippen molar-refractivity contribution >= 4 is 5.91 Å². The number of rotatable bonds is 5. The summed E-state index contributed by atoms with van der Waals surface area (Å²) in [5, 5.41) is 7.82. The fraction of sp³-hybridized carbons (Fsp3) is 0.636. The van der Waals surface area contributed by atoms with Crippen molar-refractivity contribution in [1.82, 2.24) is 15.1 Å². The number of hydrogen-bond acceptors (Lipinski definition) is 6. The summed E-state index contributed by atoms with van der Waals surface area (Å²) in [6.07, 6.45) is 5.02. The van der Waals surface area contributed by atoms with Crippen molar-refractivity contribution in [1.29, 1.82) is 0 Å². The zero-order valence-electron chi connectivity index (χ0n) is 17.6. The lowest BCUT2D eigenvalue weighted by Gasteiger charge is -2.22. The van der Waals surface area contributed by atoms with Gasteiger partial charge in [-0.2, -0.15) is 5.10 Å². The number of furan rings is 1. The minimum atomic E-state index is -0.182. The normalized spacial score (nSPS) is 25.7. The highest BCUT2D eigenvalue weighted by molar-refractivity contribution is 5.95. The van der Waals surface area contributed by atoms with E-state index in [4.69, 9.17) is 23.7 Å². The van der Waals surface area contributed by atoms with Crippen molar-refractivity contribution in [3.8, 4) is 11.3 Å². The van der Waals surface area contributed by atoms with Gasteiger partial charge in [0.15, 0.2) is 5.76 Å². The largest absolute Gasteiger partial charge is 0.455 e. The molecule has 0 radical (unpaired) electrons. The minimum absolute atomic E-state index is 0.0134. The molecule has 30 heavy (non-hydrogen) atoms. The maximum absolute atomic E-state index is 12.8. The van der Waals surface area contributed by atoms with Gasteiger partial charge in [-0.3, -0.25) is 9.48 Å². The van der Waals surface area contributed by atoms with Crippen LogP contribution in [-0.4, -0.2) is 60.9 Å². The average molecular weight is 415 g/mol. The molecule has 0 spiro atoms. The van der Waals surface area contributed by atoms with Gasteiger partial charge in [0.25, 0.3) is 5.91 Å². The molecule has 1 N–H and O–H groups in total. The van der Waals surface area contributed by atoms with Crippen LogP contribution in [0, 0.1) is 6.92 Å². The molecule has 1 amide bonds. The molecule has 2 aliphatic heterocycles. The Balaban J connectivity index is 1.38. The molecular weight excluding hydrogens is 386 g/mol. The number of nitrogens with one attached hydrogen (secondary N) is 1. The molecule has 3 aliphatic rings. The van der Waals surface area contributed by atoms with Crippen LogP contribution in [0.3, 0.4) is 0 Å². The summed E-state index contributed by atoms with van der Waals surface area (Å²) >= 11 is 0. The zero-order chi connectivity index (χ0) is 20.7. The Hall–Kier alpha value is -2.16. The summed E-state index contributed by atoms with van der Waals surface area (Å²) in [4.78, 5) is 12.8. The Labute approximate surface area is 175 Å². The van der Waals surface area contributed by atoms with Crippen molar-refractivity contribution in [2.75, 3.05) is 33.0 Å². The Morgan fingerprint density at radius 2 is 2.13 bits per heavy atom. The molecule has 1 aliphatic carbocycles. The Bertz CT molecular complexity index is 922. The molecule has 4 heterocycles. The van der Waals surface area contributed by atoms with E-state index >= 15 is 0 Å². The SMILES string of the molecule is Cc1c(C(=O)NC[C@@H]2CCCO2)oc2c1-c1nn(C[C@H]3COCCO3)cc1C(C)C2. The smallest absolute Gasteiger partial charge is 0.287 e. The van der Waals surface area contributed by atoms with Gasteiger partial charge in [0.05, 0.1) is 38.2 Å². The van der Waals surface area contributed by atoms with Crippen LogP contribution < -0.4 is 5.32 Å². The average Bonchev–Trinajstić information content (AvgIpc) is 3.46. The van der Waals surface area contributed by atoms with E-state index in [0.717, 1.165) is 48.5 Å². The molecule has 5 rings (SSSR count). The number of nitrogens with zero attached hydrogens (tertiary/aromatic N) is 2. The molecule has 2 fully saturated rings. The van der Waals surface area contributed by atoms with Crippen LogP contribution in [0.2, 0.25) is 0 Å². The summed E-state index contributed by atoms with van der Waals surface area (Å²) < 4.78 is 24.9. The maximum atomic E-state index is 12.8. The van der Waals surface area contributed by atoms with Gasteiger partial charge in [-0.1, -0.05) is 6.92 Å². The van der Waals surface area contributed by atoms with Gasteiger partial charge in [-0.15, -0.1) is 0 Å². The molecule has 3 atom stereocenters. The van der Waals surface area contributed by atoms with Crippen LogP contribution in [0.4, 0.5) is 0 Å². The molecular formula is C22H29N3O5. The molecule has 0 aromatic carbocycles. The maximum Gasteiger partial charge on any atom is 0.287 e. The van der Waals surface area contributed by atoms with Gasteiger partial charge in [0, 0.05) is 42.5 Å². The first-order valence-corrected chi connectivity index (χ1v) is 10.9. The number of amides is 1. The van der Waals surface area contributed by atoms with Crippen LogP contribution in [0.5, 0.6) is 0 Å². The van der Waals surface area contributed by atoms with Gasteiger partial charge < -0.3 is 23.9 Å². The molecule has 2 aromatic rings. The van der Waals surface area contributed by atoms with Crippen LogP contribution >= 0.6 is 0 Å². The first kappa shape index (κ1) is 19.8. The van der Waals surface area contributed by atoms with E-state index in [2.05, 4.69) is 18.4 Å². The molecule has 162 valence electrons. The predicted molar refractivity (Wildman–Crippen MR) is 109 cm³/mol. The quantitative estimate of drug-likeness (QED) is 0.807. The van der Waals surface area contributed by atoms with Crippen molar-refractivity contribution in [3.05, 3.63) is 28.8 Å². The van der Waals surface area contributed by atoms with Crippen LogP contribution in [0.15, 0.2) is 10.6 Å². The van der Waals surface area contributed by atoms with Crippen LogP contribution in [-0.2, 0) is 27.2 Å². The highest BCUT2D eigenvalue weighted by Crippen LogP contribution is 2.42. The molecule has 0 saturated carbocycles. The number of hydrogen-bond donors (Lipinski definition) is 1. The standard InChI is InChI=1S/C22H29N3O5/c1-13-8-18-19(14(2)21(30-18)22(26)23-9-15-4-3-5-28-15)20-17(13)11-25(24-20)10-16-12-27-6-7-29-16/h11,13,15-16H,3-10,12H2,1-2H3,(H,23,26)/t13?,15-,16-/m0/s1. The summed E-state index contributed by atoms with van der Waals surface area (Å²) in [6.45, 7) is 7.92. The molecule has 0 bridgehead atoms. The lowest BCUT2D eigenvalue weighted by molar-refractivity contribution is -0.0946. The highest BCUT2D eigenvalue weighted by atomic mass is 16.6. The lowest BCUT2D eigenvalue weighted by Crippen LogP contribution is -2.32. The molecule has 2 saturated heterocycles. The number of aromatic nitrogens is 2. The van der Waals surface area contributed by atoms with Gasteiger partial charge in [0.2, 0.25) is 0 Å². The fourth-order valence-corrected chi connectivity index (χ4v) is 4.66. The molecule has 8 nitrogen and oxygen atoms in total. The zero-order valence-corrected chi connectivity index (χ0v) is 17.6. The van der Waals surface area contributed by atoms with Crippen LogP contribution in [0.25, 0.3) is 11.3 Å². The monoisotopic (exact) mass is 415 g/mol. The first-order chi connectivity index (χ1) is 14.6. The molecule has 2 aromatic heterocycles. The summed E-state index contributed by atoms with van der Waals surface area (Å²) in [5.74, 6) is 1.32. The van der Waals surface area contributed by atoms with Crippen molar-refractivity contribution in [3.63, 3.8) is 0 Å². The number of carbonyl (C=O) groups is 1. The number of fused-ring (bicyclic) bond motifs is 3. The third kappa shape index (κ3) is 3.68. The van der Waals surface area contributed by atoms with Crippen LogP contribution in [0.1, 0.15) is 53.1 Å². The first-order valence-electron chi connectivity index (χ1n) is 10.9. The molecule has 8 heteroatoms. The Kier molecular flexibility index (Phi) is 5.39. The number of ether oxygens (including phenoxy) is 3. The number of carbonyl (C=O) groups excluding carboxylic acids is 1. The Morgan fingerprint density at radius 3 is 2.90 bits per heavy atom. The second kappa shape index (κ2) is 8.17. The third-order valence-corrected chi connectivity index (χ3v) is 6.27. The van der Waals surface area contributed by atoms with E-state index < -0.39 is 0 Å². The van der Waals surface area contributed by atoms with Crippen molar-refractivity contribution in [2.24, 2.45) is 0 Å². The second-order valence-electron chi connectivity index (χ2n) is 8.53. The van der Waals surface area contributed by atoms with Gasteiger partial charge in [-0.25, -0.2) is 0 Å². The second-order valence-corrected chi connectivity index (χ2v) is 8.53. The summed E-state index contributed by atoms with van der Waals surface area (Å²) in [7, 11) is 0. The third-order valence-electron chi connectivity index (χ3n) is 6.27. The summed E-state index contributed by atoms with van der Waals surface area (Å²) in [5.41, 5.74) is 3.92. The minimum Gasteiger partial charge on any atom is -0.455 e. The van der Waals surface area contributed by atoms with Gasteiger partial charge >= 0.3 is 0 Å². The van der Waals surface area contributed by atoms with Crippen molar-refractivity contribution in [2.45, 2.75) is 57.8 Å².